The van der Waals surface area contributed by atoms with Crippen LogP contribution in [-0.4, -0.2) is 16.2 Å². The fraction of sp³-hybridized carbons (Fsp3) is 0.258. The number of nitrogens with zero attached hydrogens (tertiary/aromatic N) is 4. The zero-order valence-corrected chi connectivity index (χ0v) is 44.0. The monoisotopic (exact) mass is 947 g/mol. The van der Waals surface area contributed by atoms with Crippen LogP contribution in [0.1, 0.15) is 105 Å². The smallest absolute Gasteiger partial charge is 0.161 e. The van der Waals surface area contributed by atoms with E-state index in [-0.39, 0.29) is 21.7 Å². The summed E-state index contributed by atoms with van der Waals surface area (Å²) in [6.45, 7) is 28.0. The molecule has 0 bridgehead atoms. The normalized spacial score (nSPS) is 13.4. The molecule has 7 aromatic carbocycles. The van der Waals surface area contributed by atoms with Crippen LogP contribution in [0.25, 0.3) is 61.0 Å². The standard InChI is InChI=1S/C66H66N4O2/c1-63(2,3)44-28-24-42(25-29-44)53-36-47(66(10,11)12)37-54(43-26-30-45(31-27-43)64(4,5)6)60(53)69-41-68(55-21-14-15-22-56(55)69)48-18-17-19-49(39-48)71-50-32-33-51-57(40-50)70(59-38-46(34-35-67-59)65(7,8)9)61-52-20-13-16-23-58(52)72-62(51)61/h13-40H,41H2,1-12H3. The van der Waals surface area contributed by atoms with Gasteiger partial charge in [0.1, 0.15) is 35.1 Å². The maximum absolute atomic E-state index is 6.88. The average Bonchev–Trinajstić information content (AvgIpc) is 4.02. The van der Waals surface area contributed by atoms with Gasteiger partial charge in [-0.15, -0.1) is 0 Å². The summed E-state index contributed by atoms with van der Waals surface area (Å²) in [4.78, 5) is 9.90. The number of ether oxygens (including phenoxy) is 1. The fourth-order valence-corrected chi connectivity index (χ4v) is 10.3. The Morgan fingerprint density at radius 3 is 1.65 bits per heavy atom. The van der Waals surface area contributed by atoms with Crippen LogP contribution in [0.15, 0.2) is 174 Å². The number of aromatic nitrogens is 2. The van der Waals surface area contributed by atoms with Crippen LogP contribution in [0.4, 0.5) is 22.7 Å². The van der Waals surface area contributed by atoms with Gasteiger partial charge >= 0.3 is 0 Å². The van der Waals surface area contributed by atoms with Crippen molar-refractivity contribution in [1.82, 2.24) is 9.55 Å². The highest BCUT2D eigenvalue weighted by Crippen LogP contribution is 2.52. The van der Waals surface area contributed by atoms with Crippen LogP contribution >= 0.6 is 0 Å². The van der Waals surface area contributed by atoms with Crippen molar-refractivity contribution in [2.24, 2.45) is 0 Å². The van der Waals surface area contributed by atoms with Gasteiger partial charge in [0, 0.05) is 45.9 Å². The Bertz CT molecular complexity index is 3600. The Morgan fingerprint density at radius 2 is 1.04 bits per heavy atom. The summed E-state index contributed by atoms with van der Waals surface area (Å²) >= 11 is 0. The first-order valence-electron chi connectivity index (χ1n) is 25.5. The molecule has 0 aliphatic carbocycles. The number of para-hydroxylation sites is 3. The molecule has 0 radical (unpaired) electrons. The summed E-state index contributed by atoms with van der Waals surface area (Å²) < 4.78 is 15.7. The van der Waals surface area contributed by atoms with Crippen molar-refractivity contribution in [3.8, 4) is 39.6 Å². The van der Waals surface area contributed by atoms with E-state index in [0.29, 0.717) is 6.67 Å². The summed E-state index contributed by atoms with van der Waals surface area (Å²) in [5, 5.41) is 2.05. The number of benzene rings is 7. The number of hydrogen-bond acceptors (Lipinski definition) is 5. The van der Waals surface area contributed by atoms with Crippen molar-refractivity contribution in [3.05, 3.63) is 192 Å². The Kier molecular flexibility index (Phi) is 11.1. The SMILES string of the molecule is CC(C)(C)c1ccc(-c2cc(C(C)(C)C)cc(-c3ccc(C(C)(C)C)cc3)c2N2CN(c3cccc(Oc4ccc5c6oc7ccccc7c6n(-c6cc(C(C)(C)C)ccn6)c5c4)c3)c3ccccc32)cc1. The third kappa shape index (κ3) is 8.40. The van der Waals surface area contributed by atoms with Crippen molar-refractivity contribution in [3.63, 3.8) is 0 Å². The lowest BCUT2D eigenvalue weighted by atomic mass is 9.81. The Labute approximate surface area is 425 Å². The molecule has 0 amide bonds. The van der Waals surface area contributed by atoms with E-state index >= 15 is 0 Å². The number of hydrogen-bond donors (Lipinski definition) is 0. The third-order valence-corrected chi connectivity index (χ3v) is 14.6. The zero-order valence-electron chi connectivity index (χ0n) is 44.0. The molecule has 1 aliphatic heterocycles. The van der Waals surface area contributed by atoms with E-state index in [9.17, 15) is 0 Å². The molecule has 11 rings (SSSR count). The van der Waals surface area contributed by atoms with Crippen LogP contribution < -0.4 is 14.5 Å². The van der Waals surface area contributed by atoms with Gasteiger partial charge < -0.3 is 19.0 Å². The highest BCUT2D eigenvalue weighted by Gasteiger charge is 2.33. The Hall–Kier alpha value is -7.57. The van der Waals surface area contributed by atoms with Gasteiger partial charge in [-0.05, 0) is 128 Å². The molecule has 0 N–H and O–H groups in total. The van der Waals surface area contributed by atoms with Gasteiger partial charge in [-0.3, -0.25) is 4.57 Å². The van der Waals surface area contributed by atoms with Crippen molar-refractivity contribution >= 4 is 55.7 Å². The van der Waals surface area contributed by atoms with Gasteiger partial charge in [0.15, 0.2) is 5.58 Å². The predicted molar refractivity (Wildman–Crippen MR) is 303 cm³/mol. The second kappa shape index (κ2) is 17.0. The van der Waals surface area contributed by atoms with E-state index in [0.717, 1.165) is 67.4 Å². The van der Waals surface area contributed by atoms with Crippen molar-refractivity contribution in [2.75, 3.05) is 16.5 Å². The molecular weight excluding hydrogens is 881 g/mol. The van der Waals surface area contributed by atoms with E-state index in [4.69, 9.17) is 14.1 Å². The van der Waals surface area contributed by atoms with E-state index in [1.165, 1.54) is 50.2 Å². The molecule has 0 unspecified atom stereocenters. The minimum atomic E-state index is -0.0880. The molecule has 6 heteroatoms. The van der Waals surface area contributed by atoms with Crippen LogP contribution in [0.2, 0.25) is 0 Å². The maximum atomic E-state index is 6.88. The van der Waals surface area contributed by atoms with Gasteiger partial charge in [-0.1, -0.05) is 162 Å². The van der Waals surface area contributed by atoms with Gasteiger partial charge in [-0.2, -0.15) is 0 Å². The van der Waals surface area contributed by atoms with Gasteiger partial charge in [0.05, 0.1) is 22.6 Å². The average molecular weight is 947 g/mol. The number of furan rings is 1. The van der Waals surface area contributed by atoms with Crippen molar-refractivity contribution in [2.45, 2.75) is 105 Å². The second-order valence-electron chi connectivity index (χ2n) is 23.9. The molecule has 0 saturated carbocycles. The number of rotatable bonds is 7. The quantitative estimate of drug-likeness (QED) is 0.159. The van der Waals surface area contributed by atoms with Crippen LogP contribution in [-0.2, 0) is 21.7 Å². The highest BCUT2D eigenvalue weighted by atomic mass is 16.5. The minimum absolute atomic E-state index is 0.0390. The molecule has 1 aliphatic rings. The minimum Gasteiger partial charge on any atom is -0.457 e. The molecule has 6 nitrogen and oxygen atoms in total. The molecule has 10 aromatic rings. The van der Waals surface area contributed by atoms with Crippen LogP contribution in [0, 0.1) is 0 Å². The number of fused-ring (bicyclic) bond motifs is 6. The molecule has 0 saturated heterocycles. The van der Waals surface area contributed by atoms with Gasteiger partial charge in [0.25, 0.3) is 0 Å². The Balaban J connectivity index is 1.01. The van der Waals surface area contributed by atoms with E-state index in [1.807, 2.05) is 30.5 Å². The fourth-order valence-electron chi connectivity index (χ4n) is 10.3. The molecule has 362 valence electrons. The van der Waals surface area contributed by atoms with E-state index < -0.39 is 0 Å². The summed E-state index contributed by atoms with van der Waals surface area (Å²) in [6, 6.07) is 59.6. The lowest BCUT2D eigenvalue weighted by Gasteiger charge is -2.30. The van der Waals surface area contributed by atoms with Crippen molar-refractivity contribution < 1.29 is 9.15 Å². The maximum Gasteiger partial charge on any atom is 0.161 e. The second-order valence-corrected chi connectivity index (χ2v) is 23.9. The predicted octanol–water partition coefficient (Wildman–Crippen LogP) is 18.5. The van der Waals surface area contributed by atoms with Gasteiger partial charge in [0.2, 0.25) is 0 Å². The molecule has 0 spiro atoms. The van der Waals surface area contributed by atoms with Crippen LogP contribution in [0.5, 0.6) is 11.5 Å². The zero-order chi connectivity index (χ0) is 50.5. The molecular formula is C66H66N4O2. The van der Waals surface area contributed by atoms with E-state index in [2.05, 4.69) is 237 Å². The third-order valence-electron chi connectivity index (χ3n) is 14.6. The topological polar surface area (TPSA) is 46.7 Å². The largest absolute Gasteiger partial charge is 0.457 e. The molecule has 72 heavy (non-hydrogen) atoms. The van der Waals surface area contributed by atoms with Gasteiger partial charge in [-0.25, -0.2) is 4.98 Å². The lowest BCUT2D eigenvalue weighted by molar-refractivity contribution is 0.483. The summed E-state index contributed by atoms with van der Waals surface area (Å²) in [7, 11) is 0. The molecule has 0 atom stereocenters. The molecule has 0 fully saturated rings. The molecule has 3 aromatic heterocycles. The summed E-state index contributed by atoms with van der Waals surface area (Å²) in [5.41, 5.74) is 18.1. The summed E-state index contributed by atoms with van der Waals surface area (Å²) in [5.74, 6) is 2.31. The Morgan fingerprint density at radius 1 is 0.472 bits per heavy atom. The van der Waals surface area contributed by atoms with E-state index in [1.54, 1.807) is 0 Å². The van der Waals surface area contributed by atoms with Crippen LogP contribution in [0.3, 0.4) is 0 Å². The number of anilines is 4. The lowest BCUT2D eigenvalue weighted by Crippen LogP contribution is -2.25. The highest BCUT2D eigenvalue weighted by molar-refractivity contribution is 6.16. The summed E-state index contributed by atoms with van der Waals surface area (Å²) in [6.07, 6.45) is 1.91. The first kappa shape index (κ1) is 46.8. The first-order chi connectivity index (χ1) is 34.2. The number of pyridine rings is 1. The molecule has 4 heterocycles. The first-order valence-corrected chi connectivity index (χ1v) is 25.5. The van der Waals surface area contributed by atoms with Crippen molar-refractivity contribution in [1.29, 1.82) is 0 Å².